The van der Waals surface area contributed by atoms with Gasteiger partial charge in [0, 0.05) is 0 Å². The Hall–Kier alpha value is 3.07. The minimum atomic E-state index is 0.667. The third kappa shape index (κ3) is 27.6. The van der Waals surface area contributed by atoms with Crippen LogP contribution in [0.2, 0.25) is 0 Å². The molecule has 0 bridgehead atoms. The van der Waals surface area contributed by atoms with Crippen molar-refractivity contribution in [2.45, 2.75) is -0.0619 Å². The maximum atomic E-state index is 4.67. The van der Waals surface area contributed by atoms with Gasteiger partial charge in [-0.05, 0) is 0 Å². The zero-order chi connectivity index (χ0) is 5.58. The molecule has 2 N–H and O–H groups in total. The van der Waals surface area contributed by atoms with Crippen molar-refractivity contribution in [3.63, 3.8) is 0 Å². The summed E-state index contributed by atoms with van der Waals surface area (Å²) >= 11 is 7.62. The third-order valence-corrected chi connectivity index (χ3v) is 0. The maximum absolute atomic E-state index is 4.67. The molecule has 0 fully saturated rings. The molecule has 0 heterocycles. The van der Waals surface area contributed by atoms with Gasteiger partial charge in [-0.3, -0.25) is 0 Å². The van der Waals surface area contributed by atoms with E-state index in [1.54, 1.807) is 0 Å². The first-order chi connectivity index (χ1) is 2.73. The Labute approximate surface area is 95.1 Å². The van der Waals surface area contributed by atoms with Crippen molar-refractivity contribution < 1.29 is 0 Å². The van der Waals surface area contributed by atoms with Gasteiger partial charge in [-0.1, -0.05) is 67.8 Å². The molecule has 0 aromatic rings. The molecule has 5 heteroatoms. The van der Waals surface area contributed by atoms with E-state index in [0.29, 0.717) is 26.1 Å². The Morgan fingerprint density at radius 3 is 1.17 bits per heavy atom. The molecule has 1 nitrogen and oxygen atoms in total. The van der Waals surface area contributed by atoms with Crippen LogP contribution in [-0.4, -0.2) is 26.0 Å². The molecule has 0 aliphatic heterocycles. The Morgan fingerprint density at radius 2 is 1.17 bits per heavy atom. The predicted molar refractivity (Wildman–Crippen MR) is 57.2 cm³/mol. The Morgan fingerprint density at radius 1 is 1.17 bits per heavy atom. The number of halogens is 3. The number of hydrogen-bond acceptors (Lipinski definition) is 1. The molecule has 0 aliphatic rings. The normalized spacial score (nSPS) is 7.00. The van der Waals surface area contributed by atoms with Gasteiger partial charge in [-0.25, -0.2) is 0 Å². The summed E-state index contributed by atoms with van der Waals surface area (Å²) in [5.74, 6) is 0. The summed E-state index contributed by atoms with van der Waals surface area (Å²) in [5.41, 5.74) is 0. The van der Waals surface area contributed by atoms with Crippen LogP contribution in [0.5, 0.6) is 0 Å². The summed E-state index contributed by atoms with van der Waals surface area (Å²) in [5, 5.41) is 0. The van der Waals surface area contributed by atoms with Crippen molar-refractivity contribution in [1.29, 1.82) is 0 Å². The van der Waals surface area contributed by atoms with Gasteiger partial charge in [-0.15, -0.1) is 0 Å². The summed E-state index contributed by atoms with van der Waals surface area (Å²) in [6, 6.07) is 0. The van der Waals surface area contributed by atoms with Gasteiger partial charge in [0.15, 0.2) is 0 Å². The third-order valence-electron chi connectivity index (χ3n) is 0. The Bertz CT molecular complexity index is 15.5. The first-order valence-corrected chi connectivity index (χ1v) is 7.32. The van der Waals surface area contributed by atoms with Crippen molar-refractivity contribution in [3.05, 3.63) is 0 Å². The quantitative estimate of drug-likeness (QED) is 0.248. The molecule has 6 heavy (non-hydrogen) atoms. The first-order valence-electron chi connectivity index (χ1n) is 0.988. The Kier molecular flexibility index (Phi) is 21.6. The first kappa shape index (κ1) is 11.8. The van der Waals surface area contributed by atoms with E-state index in [4.69, 9.17) is 0 Å². The fraction of sp³-hybridized carbons (Fsp3) is 1.00. The van der Waals surface area contributed by atoms with Gasteiger partial charge in [0.2, 0.25) is 0 Å². The molecule has 0 aliphatic carbocycles. The van der Waals surface area contributed by atoms with E-state index in [0.717, 1.165) is -0.0619 Å². The monoisotopic (exact) mass is 619 g/mol. The van der Waals surface area contributed by atoms with Gasteiger partial charge in [-0.2, -0.15) is 0 Å². The molecule has 0 aromatic carbocycles. The van der Waals surface area contributed by atoms with Crippen molar-refractivity contribution in [3.8, 4) is 0 Å². The average Bonchev–Trinajstić information content (AvgIpc) is 1.41. The number of rotatable bonds is 0. The van der Waals surface area contributed by atoms with Crippen molar-refractivity contribution in [2.24, 2.45) is 3.54 Å². The molecule has 0 unspecified atom stereocenters. The van der Waals surface area contributed by atoms with E-state index in [9.17, 15) is 0 Å². The zero-order valence-electron chi connectivity index (χ0n) is 2.87. The molecular formula is CH4I3NPb. The molecule has 0 rings (SSSR count). The number of hydrogen-bond donors (Lipinski definition) is 1. The number of alkyl halides is 3. The molecule has 0 atom stereocenters. The van der Waals surface area contributed by atoms with E-state index in [2.05, 4.69) is 71.3 Å². The summed E-state index contributed by atoms with van der Waals surface area (Å²) in [6.45, 7) is 0. The van der Waals surface area contributed by atoms with E-state index in [-0.39, 0.29) is 0 Å². The van der Waals surface area contributed by atoms with Crippen LogP contribution in [0, 0.1) is 0 Å². The van der Waals surface area contributed by atoms with Crippen LogP contribution in [-0.2, 0) is 0 Å². The van der Waals surface area contributed by atoms with Crippen LogP contribution in [0.25, 0.3) is 0 Å². The van der Waals surface area contributed by atoms with Gasteiger partial charge >= 0.3 is 29.6 Å². The fourth-order valence-electron chi connectivity index (χ4n) is 0. The topological polar surface area (TPSA) is 26.0 Å². The van der Waals surface area contributed by atoms with Crippen LogP contribution in [0.1, 0.15) is 0 Å². The molecular weight excluding hydrogens is 614 g/mol. The molecule has 0 saturated carbocycles. The van der Waals surface area contributed by atoms with Crippen LogP contribution in [0.15, 0.2) is 0 Å². The summed E-state index contributed by atoms with van der Waals surface area (Å²) in [6.07, 6.45) is 0. The van der Waals surface area contributed by atoms with E-state index in [1.807, 2.05) is 0 Å². The minimum absolute atomic E-state index is 0.667. The van der Waals surface area contributed by atoms with Crippen LogP contribution < -0.4 is 3.54 Å². The van der Waals surface area contributed by atoms with Gasteiger partial charge in [0.1, 0.15) is -0.0619 Å². The van der Waals surface area contributed by atoms with Gasteiger partial charge < -0.3 is 0 Å². The van der Waals surface area contributed by atoms with E-state index in [1.165, 1.54) is 0 Å². The number of nitrogens with two attached hydrogens (primary N) is 1. The molecule has 0 amide bonds. The molecule has 2 radical (unpaired) electrons. The van der Waals surface area contributed by atoms with Crippen LogP contribution >= 0.6 is 67.8 Å². The molecule has 38 valence electrons. The van der Waals surface area contributed by atoms with Gasteiger partial charge in [0.05, 0.1) is 0 Å². The van der Waals surface area contributed by atoms with E-state index < -0.39 is 0 Å². The molecule has 0 aromatic heterocycles. The Balaban J connectivity index is 0. The zero-order valence-corrected chi connectivity index (χ0v) is 13.8. The second-order valence-corrected chi connectivity index (χ2v) is 11.1. The van der Waals surface area contributed by atoms with Gasteiger partial charge in [0.25, 0.3) is 0 Å². The second kappa shape index (κ2) is 10.9. The average molecular weight is 618 g/mol. The molecule has 0 spiro atoms. The predicted octanol–water partition coefficient (Wildman–Crippen LogP) is 1.34. The SMILES string of the molecule is IC(I)I.[NH2][PbH]. The van der Waals surface area contributed by atoms with Crippen molar-refractivity contribution in [2.75, 3.05) is 0 Å². The van der Waals surface area contributed by atoms with Crippen molar-refractivity contribution >= 4 is 93.8 Å². The van der Waals surface area contributed by atoms with Crippen LogP contribution in [0.3, 0.4) is 0 Å². The van der Waals surface area contributed by atoms with Crippen LogP contribution in [0.4, 0.5) is 0 Å². The summed E-state index contributed by atoms with van der Waals surface area (Å²) in [7, 11) is 0. The fourth-order valence-corrected chi connectivity index (χ4v) is 0. The molecule has 0 saturated heterocycles. The standard InChI is InChI=1S/CHI3.H2N.Pb.H/c2-1(3)4;;;/h1H;1H2;;/q;-1;+1;. The van der Waals surface area contributed by atoms with Crippen molar-refractivity contribution in [1.82, 2.24) is 0 Å². The second-order valence-electron chi connectivity index (χ2n) is 0.247. The van der Waals surface area contributed by atoms with E-state index >= 15 is 0 Å². The summed E-state index contributed by atoms with van der Waals surface area (Å²) in [4.78, 5) is 0. The summed E-state index contributed by atoms with van der Waals surface area (Å²) < 4.78 is 5.41.